The van der Waals surface area contributed by atoms with Crippen molar-refractivity contribution in [3.63, 3.8) is 0 Å². The molecule has 4 rings (SSSR count). The molecule has 0 spiro atoms. The molecule has 1 aromatic heterocycles. The first kappa shape index (κ1) is 29.8. The topological polar surface area (TPSA) is 91.0 Å². The van der Waals surface area contributed by atoms with Crippen LogP contribution in [0.25, 0.3) is 11.5 Å². The van der Waals surface area contributed by atoms with Crippen molar-refractivity contribution in [2.75, 3.05) is 13.2 Å². The van der Waals surface area contributed by atoms with Gasteiger partial charge < -0.3 is 23.7 Å². The second-order valence-corrected chi connectivity index (χ2v) is 10.2. The van der Waals surface area contributed by atoms with E-state index >= 15 is 0 Å². The molecule has 10 heteroatoms. The number of benzene rings is 2. The lowest BCUT2D eigenvalue weighted by atomic mass is 9.88. The lowest BCUT2D eigenvalue weighted by molar-refractivity contribution is -0.158. The minimum Gasteiger partial charge on any atom is -0.479 e. The Bertz CT molecular complexity index is 1260. The Labute approximate surface area is 231 Å². The predicted octanol–water partition coefficient (Wildman–Crippen LogP) is 6.74. The highest BCUT2D eigenvalue weighted by atomic mass is 19.4. The van der Waals surface area contributed by atoms with Crippen molar-refractivity contribution >= 4 is 5.97 Å². The molecule has 3 aromatic rings. The van der Waals surface area contributed by atoms with Gasteiger partial charge >= 0.3 is 12.1 Å². The van der Waals surface area contributed by atoms with Crippen LogP contribution in [-0.4, -0.2) is 41.5 Å². The van der Waals surface area contributed by atoms with Gasteiger partial charge in [0.05, 0.1) is 38.1 Å². The van der Waals surface area contributed by atoms with Gasteiger partial charge in [-0.2, -0.15) is 13.2 Å². The molecule has 2 aromatic carbocycles. The molecule has 216 valence electrons. The van der Waals surface area contributed by atoms with Gasteiger partial charge in [0.2, 0.25) is 5.89 Å². The number of rotatable bonds is 12. The lowest BCUT2D eigenvalue weighted by Gasteiger charge is -2.29. The molecule has 3 unspecified atom stereocenters. The van der Waals surface area contributed by atoms with Crippen molar-refractivity contribution in [1.82, 2.24) is 4.98 Å². The van der Waals surface area contributed by atoms with E-state index in [2.05, 4.69) is 4.98 Å². The van der Waals surface area contributed by atoms with Crippen LogP contribution in [-0.2, 0) is 38.4 Å². The molecule has 0 amide bonds. The normalized spacial score (nSPS) is 18.5. The van der Waals surface area contributed by atoms with Gasteiger partial charge in [-0.25, -0.2) is 9.78 Å². The monoisotopic (exact) mass is 561 g/mol. The lowest BCUT2D eigenvalue weighted by Crippen LogP contribution is -2.33. The molecule has 1 N–H and O–H groups in total. The molecule has 1 aliphatic carbocycles. The second kappa shape index (κ2) is 13.4. The summed E-state index contributed by atoms with van der Waals surface area (Å²) in [6, 6.07) is 12.4. The number of ether oxygens (including phenoxy) is 3. The summed E-state index contributed by atoms with van der Waals surface area (Å²) in [6.07, 6.45) is -2.32. The highest BCUT2D eigenvalue weighted by Gasteiger charge is 2.30. The van der Waals surface area contributed by atoms with Crippen LogP contribution < -0.4 is 0 Å². The Morgan fingerprint density at radius 3 is 2.60 bits per heavy atom. The van der Waals surface area contributed by atoms with Gasteiger partial charge in [-0.15, -0.1) is 0 Å². The molecule has 3 atom stereocenters. The van der Waals surface area contributed by atoms with Crippen molar-refractivity contribution in [3.8, 4) is 11.5 Å². The number of hydrogen-bond donors (Lipinski definition) is 1. The molecule has 1 fully saturated rings. The van der Waals surface area contributed by atoms with Crippen molar-refractivity contribution in [2.45, 2.75) is 71.1 Å². The molecule has 1 aliphatic rings. The van der Waals surface area contributed by atoms with Gasteiger partial charge in [0.1, 0.15) is 11.5 Å². The van der Waals surface area contributed by atoms with Crippen LogP contribution in [0.1, 0.15) is 53.8 Å². The van der Waals surface area contributed by atoms with Crippen LogP contribution in [0.2, 0.25) is 0 Å². The summed E-state index contributed by atoms with van der Waals surface area (Å²) in [5, 5.41) is 9.53. The first-order valence-electron chi connectivity index (χ1n) is 13.3. The van der Waals surface area contributed by atoms with Gasteiger partial charge in [-0.1, -0.05) is 36.2 Å². The number of nitrogens with zero attached hydrogens (tertiary/aromatic N) is 1. The standard InChI is InChI=1S/C30H34F3NO6/c1-19-5-3-7-23(13-19)28-34-26(20(2)40-28)17-37-15-22-6-4-8-25(14-22)38-18-27(29(35)36)39-16-21-9-11-24(12-10-21)30(31,32)33/h3,5,7,9-13,22,25,27H,4,6,8,14-18H2,1-2H3,(H,35,36). The van der Waals surface area contributed by atoms with Crippen molar-refractivity contribution in [1.29, 1.82) is 0 Å². The van der Waals surface area contributed by atoms with E-state index in [4.69, 9.17) is 18.6 Å². The van der Waals surface area contributed by atoms with E-state index in [9.17, 15) is 23.1 Å². The van der Waals surface area contributed by atoms with Gasteiger partial charge in [-0.05, 0) is 68.9 Å². The quantitative estimate of drug-likeness (QED) is 0.262. The molecule has 1 heterocycles. The largest absolute Gasteiger partial charge is 0.479 e. The van der Waals surface area contributed by atoms with Crippen LogP contribution in [0.15, 0.2) is 52.9 Å². The number of aryl methyl sites for hydroxylation is 2. The van der Waals surface area contributed by atoms with Gasteiger partial charge in [-0.3, -0.25) is 0 Å². The Morgan fingerprint density at radius 1 is 1.12 bits per heavy atom. The maximum Gasteiger partial charge on any atom is 0.416 e. The first-order valence-corrected chi connectivity index (χ1v) is 13.3. The molecule has 40 heavy (non-hydrogen) atoms. The molecule has 0 bridgehead atoms. The maximum atomic E-state index is 12.7. The third-order valence-corrected chi connectivity index (χ3v) is 6.98. The van der Waals surface area contributed by atoms with E-state index in [1.165, 1.54) is 12.1 Å². The van der Waals surface area contributed by atoms with Crippen molar-refractivity contribution < 1.29 is 41.7 Å². The number of carbonyl (C=O) groups is 1. The first-order chi connectivity index (χ1) is 19.1. The number of hydrogen-bond acceptors (Lipinski definition) is 6. The fourth-order valence-electron chi connectivity index (χ4n) is 4.73. The SMILES string of the molecule is Cc1cccc(-c2nc(COCC3CCCC(OCC(OCc4ccc(C(F)(F)F)cc4)C(=O)O)C3)c(C)o2)c1. The molecule has 0 radical (unpaired) electrons. The summed E-state index contributed by atoms with van der Waals surface area (Å²) >= 11 is 0. The van der Waals surface area contributed by atoms with Gasteiger partial charge in [0.25, 0.3) is 0 Å². The molecule has 1 saturated carbocycles. The van der Waals surface area contributed by atoms with Crippen LogP contribution >= 0.6 is 0 Å². The van der Waals surface area contributed by atoms with E-state index in [0.29, 0.717) is 24.7 Å². The number of carboxylic acid groups (broad SMARTS) is 1. The molecule has 0 aliphatic heterocycles. The zero-order chi connectivity index (χ0) is 28.7. The molecule has 0 saturated heterocycles. The summed E-state index contributed by atoms with van der Waals surface area (Å²) < 4.78 is 61.4. The van der Waals surface area contributed by atoms with E-state index in [-0.39, 0.29) is 25.2 Å². The predicted molar refractivity (Wildman–Crippen MR) is 140 cm³/mol. The Morgan fingerprint density at radius 2 is 1.90 bits per heavy atom. The summed E-state index contributed by atoms with van der Waals surface area (Å²) in [5.41, 5.74) is 2.48. The number of carboxylic acids is 1. The molecule has 7 nitrogen and oxygen atoms in total. The summed E-state index contributed by atoms with van der Waals surface area (Å²) in [6.45, 7) is 4.47. The van der Waals surface area contributed by atoms with Crippen molar-refractivity contribution in [2.24, 2.45) is 5.92 Å². The zero-order valence-electron chi connectivity index (χ0n) is 22.6. The number of alkyl halides is 3. The van der Waals surface area contributed by atoms with E-state index in [0.717, 1.165) is 60.4 Å². The highest BCUT2D eigenvalue weighted by molar-refractivity contribution is 5.72. The van der Waals surface area contributed by atoms with Crippen LogP contribution in [0.3, 0.4) is 0 Å². The van der Waals surface area contributed by atoms with Gasteiger partial charge in [0, 0.05) is 5.56 Å². The van der Waals surface area contributed by atoms with Gasteiger partial charge in [0.15, 0.2) is 6.10 Å². The second-order valence-electron chi connectivity index (χ2n) is 10.2. The number of halogens is 3. The third kappa shape index (κ3) is 8.39. The Balaban J connectivity index is 1.21. The van der Waals surface area contributed by atoms with Crippen LogP contribution in [0.4, 0.5) is 13.2 Å². The summed E-state index contributed by atoms with van der Waals surface area (Å²) in [4.78, 5) is 16.3. The third-order valence-electron chi connectivity index (χ3n) is 6.98. The average molecular weight is 562 g/mol. The fraction of sp³-hybridized carbons (Fsp3) is 0.467. The maximum absolute atomic E-state index is 12.7. The van der Waals surface area contributed by atoms with E-state index < -0.39 is 23.8 Å². The molecular weight excluding hydrogens is 527 g/mol. The summed E-state index contributed by atoms with van der Waals surface area (Å²) in [5.74, 6) is 0.367. The minimum absolute atomic E-state index is 0.124. The van der Waals surface area contributed by atoms with E-state index in [1.54, 1.807) is 0 Å². The number of aliphatic carboxylic acids is 1. The molecular formula is C30H34F3NO6. The van der Waals surface area contributed by atoms with Crippen LogP contribution in [0, 0.1) is 19.8 Å². The fourth-order valence-corrected chi connectivity index (χ4v) is 4.73. The minimum atomic E-state index is -4.43. The van der Waals surface area contributed by atoms with E-state index in [1.807, 2.05) is 38.1 Å². The smallest absolute Gasteiger partial charge is 0.416 e. The average Bonchev–Trinajstić information content (AvgIpc) is 3.29. The van der Waals surface area contributed by atoms with Crippen molar-refractivity contribution in [3.05, 3.63) is 76.7 Å². The highest BCUT2D eigenvalue weighted by Crippen LogP contribution is 2.30. The number of aromatic nitrogens is 1. The Hall–Kier alpha value is -3.21. The number of oxazole rings is 1. The Kier molecular flexibility index (Phi) is 9.99. The summed E-state index contributed by atoms with van der Waals surface area (Å²) in [7, 11) is 0. The van der Waals surface area contributed by atoms with Crippen LogP contribution in [0.5, 0.6) is 0 Å². The zero-order valence-corrected chi connectivity index (χ0v) is 22.6.